The highest BCUT2D eigenvalue weighted by atomic mass is 32.1. The van der Waals surface area contributed by atoms with Gasteiger partial charge < -0.3 is 23.5 Å². The summed E-state index contributed by atoms with van der Waals surface area (Å²) >= 11 is 1.35. The number of anilines is 1. The predicted molar refractivity (Wildman–Crippen MR) is 130 cm³/mol. The molecule has 6 rings (SSSR count). The molecule has 1 amide bonds. The van der Waals surface area contributed by atoms with Crippen molar-refractivity contribution in [2.75, 3.05) is 24.6 Å². The van der Waals surface area contributed by atoms with Crippen molar-refractivity contribution in [3.8, 4) is 16.3 Å². The highest BCUT2D eigenvalue weighted by Crippen LogP contribution is 2.41. The van der Waals surface area contributed by atoms with Crippen molar-refractivity contribution in [3.05, 3.63) is 23.7 Å². The van der Waals surface area contributed by atoms with E-state index in [0.717, 1.165) is 6.42 Å². The maximum absolute atomic E-state index is 14.4. The van der Waals surface area contributed by atoms with E-state index in [9.17, 15) is 18.4 Å². The number of aromatic nitrogens is 2. The monoisotopic (exact) mass is 536 g/mol. The number of carbonyl (C=O) groups is 2. The average molecular weight is 537 g/mol. The molecule has 13 heteroatoms. The van der Waals surface area contributed by atoms with Crippen LogP contribution in [0.4, 0.5) is 19.6 Å². The van der Waals surface area contributed by atoms with Crippen LogP contribution < -0.4 is 9.64 Å². The van der Waals surface area contributed by atoms with Crippen molar-refractivity contribution < 1.29 is 37.0 Å². The molecule has 0 spiro atoms. The number of esters is 1. The topological polar surface area (TPSA) is 107 Å². The van der Waals surface area contributed by atoms with Crippen LogP contribution in [0.25, 0.3) is 21.7 Å². The van der Waals surface area contributed by atoms with Crippen molar-refractivity contribution >= 4 is 40.5 Å². The second kappa shape index (κ2) is 9.12. The Balaban J connectivity index is 1.45. The third kappa shape index (κ3) is 4.79. The van der Waals surface area contributed by atoms with Crippen molar-refractivity contribution in [1.29, 1.82) is 0 Å². The van der Waals surface area contributed by atoms with Gasteiger partial charge in [-0.2, -0.15) is 13.8 Å². The van der Waals surface area contributed by atoms with Crippen LogP contribution in [0.2, 0.25) is 0 Å². The Labute approximate surface area is 215 Å². The third-order valence-corrected chi connectivity index (χ3v) is 6.78. The second-order valence-corrected chi connectivity index (χ2v) is 10.7. The van der Waals surface area contributed by atoms with Crippen molar-refractivity contribution in [1.82, 2.24) is 14.9 Å². The van der Waals surface area contributed by atoms with E-state index in [1.807, 2.05) is 25.7 Å². The molecule has 10 nitrogen and oxygen atoms in total. The van der Waals surface area contributed by atoms with Gasteiger partial charge in [-0.05, 0) is 46.2 Å². The van der Waals surface area contributed by atoms with Crippen LogP contribution in [-0.2, 0) is 14.3 Å². The van der Waals surface area contributed by atoms with Crippen LogP contribution in [0.15, 0.2) is 28.1 Å². The van der Waals surface area contributed by atoms with Crippen LogP contribution in [0.5, 0.6) is 5.75 Å². The van der Waals surface area contributed by atoms with Crippen molar-refractivity contribution in [2.45, 2.75) is 57.9 Å². The van der Waals surface area contributed by atoms with Gasteiger partial charge in [0.15, 0.2) is 11.3 Å². The SMILES string of the molecule is CCOC(=O)C(F)(F)Oc1ccc(-c2nccs2)c2nc(N3CC4CC(C3)N4C(=O)OC(C)(C)C)oc12. The first-order valence-corrected chi connectivity index (χ1v) is 12.7. The average Bonchev–Trinajstić information content (AvgIpc) is 3.49. The maximum atomic E-state index is 14.4. The first kappa shape index (κ1) is 25.2. The summed E-state index contributed by atoms with van der Waals surface area (Å²) in [6.07, 6.45) is -2.15. The summed E-state index contributed by atoms with van der Waals surface area (Å²) in [7, 11) is 0. The summed E-state index contributed by atoms with van der Waals surface area (Å²) < 4.78 is 49.5. The Morgan fingerprint density at radius 1 is 1.22 bits per heavy atom. The fourth-order valence-corrected chi connectivity index (χ4v) is 5.15. The molecule has 0 saturated carbocycles. The highest BCUT2D eigenvalue weighted by Gasteiger charge is 2.50. The number of piperidine rings is 1. The number of carbonyl (C=O) groups excluding carboxylic acids is 2. The summed E-state index contributed by atoms with van der Waals surface area (Å²) in [5, 5.41) is 2.40. The predicted octanol–water partition coefficient (Wildman–Crippen LogP) is 4.68. The molecule has 3 aliphatic rings. The molecule has 198 valence electrons. The van der Waals surface area contributed by atoms with Gasteiger partial charge in [-0.3, -0.25) is 4.90 Å². The highest BCUT2D eigenvalue weighted by molar-refractivity contribution is 7.13. The number of fused-ring (bicyclic) bond motifs is 3. The minimum Gasteiger partial charge on any atom is -0.459 e. The summed E-state index contributed by atoms with van der Waals surface area (Å²) in [5.74, 6) is -2.16. The lowest BCUT2D eigenvalue weighted by molar-refractivity contribution is -0.216. The molecule has 0 radical (unpaired) electrons. The van der Waals surface area contributed by atoms with Gasteiger partial charge in [-0.15, -0.1) is 11.3 Å². The Morgan fingerprint density at radius 3 is 2.57 bits per heavy atom. The summed E-state index contributed by atoms with van der Waals surface area (Å²) in [6.45, 7) is 7.52. The Morgan fingerprint density at radius 2 is 1.95 bits per heavy atom. The molecule has 3 fully saturated rings. The van der Waals surface area contributed by atoms with Crippen molar-refractivity contribution in [3.63, 3.8) is 0 Å². The standard InChI is InChI=1S/C24H26F2N4O6S/c1-5-33-20(31)24(25,26)35-16-7-6-15(19-27-8-9-37-19)17-18(16)34-21(28-17)29-11-13-10-14(12-29)30(13)22(32)36-23(2,3)4/h6-9,13-14H,5,10-12H2,1-4H3. The molecular formula is C24H26F2N4O6S. The van der Waals surface area contributed by atoms with Gasteiger partial charge in [0.2, 0.25) is 0 Å². The minimum absolute atomic E-state index is 0.0464. The second-order valence-electron chi connectivity index (χ2n) is 9.80. The minimum atomic E-state index is -4.22. The number of piperazine rings is 1. The number of ether oxygens (including phenoxy) is 3. The molecule has 2 bridgehead atoms. The van der Waals surface area contributed by atoms with E-state index in [1.165, 1.54) is 24.3 Å². The number of benzene rings is 1. The van der Waals surface area contributed by atoms with Crippen LogP contribution in [0.1, 0.15) is 34.1 Å². The lowest BCUT2D eigenvalue weighted by Crippen LogP contribution is -2.70. The zero-order valence-corrected chi connectivity index (χ0v) is 21.5. The smallest absolute Gasteiger partial charge is 0.459 e. The van der Waals surface area contributed by atoms with Crippen molar-refractivity contribution in [2.24, 2.45) is 0 Å². The number of hydrogen-bond acceptors (Lipinski definition) is 10. The van der Waals surface area contributed by atoms with E-state index in [-0.39, 0.29) is 47.6 Å². The van der Waals surface area contributed by atoms with E-state index < -0.39 is 17.7 Å². The van der Waals surface area contributed by atoms with Gasteiger partial charge in [-0.25, -0.2) is 14.6 Å². The van der Waals surface area contributed by atoms with Crippen LogP contribution in [0.3, 0.4) is 0 Å². The molecule has 0 aliphatic carbocycles. The van der Waals surface area contributed by atoms with E-state index >= 15 is 0 Å². The lowest BCUT2D eigenvalue weighted by Gasteiger charge is -2.55. The first-order valence-electron chi connectivity index (χ1n) is 11.8. The fraction of sp³-hybridized carbons (Fsp3) is 0.500. The molecule has 2 aromatic heterocycles. The zero-order valence-electron chi connectivity index (χ0n) is 20.7. The zero-order chi connectivity index (χ0) is 26.5. The number of thiazole rings is 1. The van der Waals surface area contributed by atoms with Gasteiger partial charge in [0, 0.05) is 30.2 Å². The number of hydrogen-bond donors (Lipinski definition) is 0. The quantitative estimate of drug-likeness (QED) is 0.415. The number of halogens is 2. The molecule has 3 aromatic rings. The lowest BCUT2D eigenvalue weighted by atomic mass is 9.88. The van der Waals surface area contributed by atoms with E-state index in [0.29, 0.717) is 23.7 Å². The molecule has 5 heterocycles. The molecule has 2 atom stereocenters. The Kier molecular flexibility index (Phi) is 6.21. The van der Waals surface area contributed by atoms with Crippen LogP contribution >= 0.6 is 11.3 Å². The van der Waals surface area contributed by atoms with E-state index in [4.69, 9.17) is 13.9 Å². The summed E-state index contributed by atoms with van der Waals surface area (Å²) in [6, 6.07) is 2.85. The first-order chi connectivity index (χ1) is 17.5. The summed E-state index contributed by atoms with van der Waals surface area (Å²) in [5.41, 5.74) is 0.194. The van der Waals surface area contributed by atoms with E-state index in [1.54, 1.807) is 22.5 Å². The number of amides is 1. The van der Waals surface area contributed by atoms with Crippen LogP contribution in [0, 0.1) is 0 Å². The maximum Gasteiger partial charge on any atom is 0.502 e. The number of alkyl halides is 2. The van der Waals surface area contributed by atoms with Gasteiger partial charge in [0.05, 0.1) is 18.7 Å². The molecule has 1 aromatic carbocycles. The molecule has 37 heavy (non-hydrogen) atoms. The fourth-order valence-electron chi connectivity index (χ4n) is 4.49. The molecular weight excluding hydrogens is 510 g/mol. The molecule has 2 unspecified atom stereocenters. The number of rotatable bonds is 6. The van der Waals surface area contributed by atoms with Crippen LogP contribution in [-0.4, -0.2) is 70.4 Å². The van der Waals surface area contributed by atoms with Gasteiger partial charge in [0.1, 0.15) is 16.1 Å². The van der Waals surface area contributed by atoms with E-state index in [2.05, 4.69) is 14.7 Å². The molecule has 0 N–H and O–H groups in total. The number of oxazole rings is 1. The van der Waals surface area contributed by atoms with Gasteiger partial charge in [-0.1, -0.05) is 0 Å². The third-order valence-electron chi connectivity index (χ3n) is 5.98. The Bertz CT molecular complexity index is 1310. The molecule has 3 saturated heterocycles. The molecule has 3 aliphatic heterocycles. The largest absolute Gasteiger partial charge is 0.502 e. The number of nitrogens with zero attached hydrogens (tertiary/aromatic N) is 4. The normalized spacial score (nSPS) is 19.5. The summed E-state index contributed by atoms with van der Waals surface area (Å²) in [4.78, 5) is 36.8. The Hall–Kier alpha value is -3.48. The van der Waals surface area contributed by atoms with Gasteiger partial charge in [0.25, 0.3) is 6.01 Å². The van der Waals surface area contributed by atoms with Gasteiger partial charge >= 0.3 is 18.2 Å².